The van der Waals surface area contributed by atoms with Crippen LogP contribution in [0.1, 0.15) is 24.8 Å². The number of halogens is 3. The second kappa shape index (κ2) is 11.0. The van der Waals surface area contributed by atoms with Crippen molar-refractivity contribution in [2.45, 2.75) is 38.5 Å². The number of hydrogen-bond acceptors (Lipinski definition) is 6. The zero-order chi connectivity index (χ0) is 26.9. The molecule has 2 amide bonds. The van der Waals surface area contributed by atoms with Crippen LogP contribution >= 0.6 is 0 Å². The highest BCUT2D eigenvalue weighted by Gasteiger charge is 2.36. The number of ether oxygens (including phenoxy) is 1. The highest BCUT2D eigenvalue weighted by Crippen LogP contribution is 2.34. The van der Waals surface area contributed by atoms with Crippen LogP contribution in [0.5, 0.6) is 0 Å². The average molecular weight is 534 g/mol. The van der Waals surface area contributed by atoms with Gasteiger partial charge in [0.25, 0.3) is 0 Å². The number of nitrogens with one attached hydrogen (secondary N) is 1. The Morgan fingerprint density at radius 1 is 1.05 bits per heavy atom. The quantitative estimate of drug-likeness (QED) is 0.598. The molecule has 4 heterocycles. The fourth-order valence-electron chi connectivity index (χ4n) is 5.45. The Morgan fingerprint density at radius 2 is 1.79 bits per heavy atom. The van der Waals surface area contributed by atoms with Crippen molar-refractivity contribution >= 4 is 23.4 Å². The van der Waals surface area contributed by atoms with Crippen LogP contribution in [0.4, 0.5) is 35.3 Å². The van der Waals surface area contributed by atoms with Gasteiger partial charge in [0.2, 0.25) is 0 Å². The molecule has 0 radical (unpaired) electrons. The summed E-state index contributed by atoms with van der Waals surface area (Å²) >= 11 is 0. The van der Waals surface area contributed by atoms with Gasteiger partial charge in [-0.05, 0) is 66.6 Å². The molecule has 5 rings (SSSR count). The number of carbonyl (C=O) groups excluding carboxylic acids is 1. The second-order valence-electron chi connectivity index (χ2n) is 10.4. The summed E-state index contributed by atoms with van der Waals surface area (Å²) in [5.74, 6) is 1.07. The SMILES string of the molecule is Cc1ccc(NC(=O)N2CC[C@H](CC(F)(F)F)C2)cc1-c1cc(N2CCOCC2)nc(N2CC[C@H](O)C2)c1. The minimum Gasteiger partial charge on any atom is -0.391 e. The van der Waals surface area contributed by atoms with Crippen molar-refractivity contribution in [1.29, 1.82) is 0 Å². The Morgan fingerprint density at radius 3 is 2.47 bits per heavy atom. The predicted molar refractivity (Wildman–Crippen MR) is 140 cm³/mol. The second-order valence-corrected chi connectivity index (χ2v) is 10.4. The fourth-order valence-corrected chi connectivity index (χ4v) is 5.45. The van der Waals surface area contributed by atoms with Crippen LogP contribution in [0.2, 0.25) is 0 Å². The number of β-amino-alcohol motifs (C(OH)–C–C–N with tert-alkyl or cyclic N) is 1. The van der Waals surface area contributed by atoms with Crippen LogP contribution in [-0.4, -0.2) is 85.8 Å². The third-order valence-electron chi connectivity index (χ3n) is 7.51. The zero-order valence-electron chi connectivity index (χ0n) is 21.5. The lowest BCUT2D eigenvalue weighted by atomic mass is 10.00. The standard InChI is InChI=1S/C27H34F3N5O3/c1-18-2-3-21(31-26(37)35-6-4-19(16-35)15-27(28,29)30)14-23(18)20-12-24(33-8-10-38-11-9-33)32-25(13-20)34-7-5-22(36)17-34/h2-3,12-14,19,22,36H,4-11,15-17H2,1H3,(H,31,37)/t19-,22+/m1/s1. The van der Waals surface area contributed by atoms with Crippen molar-refractivity contribution in [2.24, 2.45) is 5.92 Å². The lowest BCUT2D eigenvalue weighted by Crippen LogP contribution is -2.37. The van der Waals surface area contributed by atoms with E-state index >= 15 is 0 Å². The normalized spacial score (nSPS) is 22.3. The predicted octanol–water partition coefficient (Wildman–Crippen LogP) is 4.27. The number of aliphatic hydroxyl groups is 1. The Balaban J connectivity index is 1.38. The smallest absolute Gasteiger partial charge is 0.389 e. The summed E-state index contributed by atoms with van der Waals surface area (Å²) in [5.41, 5.74) is 3.47. The number of aryl methyl sites for hydroxylation is 1. The molecule has 11 heteroatoms. The van der Waals surface area contributed by atoms with E-state index < -0.39 is 18.5 Å². The van der Waals surface area contributed by atoms with E-state index in [2.05, 4.69) is 15.1 Å². The van der Waals surface area contributed by atoms with Gasteiger partial charge in [-0.2, -0.15) is 13.2 Å². The molecule has 0 bridgehead atoms. The van der Waals surface area contributed by atoms with E-state index in [9.17, 15) is 23.1 Å². The van der Waals surface area contributed by atoms with E-state index in [1.165, 1.54) is 4.90 Å². The van der Waals surface area contributed by atoms with E-state index in [0.29, 0.717) is 44.8 Å². The number of amides is 2. The van der Waals surface area contributed by atoms with Crippen molar-refractivity contribution in [3.8, 4) is 11.1 Å². The molecule has 1 aromatic heterocycles. The summed E-state index contributed by atoms with van der Waals surface area (Å²) in [6.45, 7) is 6.38. The van der Waals surface area contributed by atoms with Crippen molar-refractivity contribution < 1.29 is 27.8 Å². The molecule has 2 atom stereocenters. The molecule has 38 heavy (non-hydrogen) atoms. The Bertz CT molecular complexity index is 1130. The van der Waals surface area contributed by atoms with Gasteiger partial charge < -0.3 is 29.9 Å². The molecule has 3 aliphatic heterocycles. The molecule has 3 saturated heterocycles. The number of aromatic nitrogens is 1. The van der Waals surface area contributed by atoms with Gasteiger partial charge in [-0.15, -0.1) is 0 Å². The van der Waals surface area contributed by atoms with Crippen molar-refractivity contribution in [2.75, 3.05) is 67.6 Å². The van der Waals surface area contributed by atoms with E-state index in [4.69, 9.17) is 9.72 Å². The maximum atomic E-state index is 12.9. The number of nitrogens with zero attached hydrogens (tertiary/aromatic N) is 4. The number of benzene rings is 1. The Hall–Kier alpha value is -3.05. The first-order chi connectivity index (χ1) is 18.1. The number of morpholine rings is 1. The molecule has 3 aliphatic rings. The average Bonchev–Trinajstić information content (AvgIpc) is 3.53. The molecular weight excluding hydrogens is 499 g/mol. The molecule has 3 fully saturated rings. The third kappa shape index (κ3) is 6.32. The Labute approximate surface area is 220 Å². The number of anilines is 3. The van der Waals surface area contributed by atoms with Gasteiger partial charge in [-0.3, -0.25) is 0 Å². The number of pyridine rings is 1. The molecular formula is C27H34F3N5O3. The lowest BCUT2D eigenvalue weighted by Gasteiger charge is -2.29. The molecule has 0 unspecified atom stereocenters. The largest absolute Gasteiger partial charge is 0.391 e. The number of urea groups is 1. The number of likely N-dealkylation sites (tertiary alicyclic amines) is 1. The van der Waals surface area contributed by atoms with Crippen molar-refractivity contribution in [3.05, 3.63) is 35.9 Å². The van der Waals surface area contributed by atoms with Crippen LogP contribution in [0.3, 0.4) is 0 Å². The maximum absolute atomic E-state index is 12.9. The van der Waals surface area contributed by atoms with Crippen LogP contribution in [0.25, 0.3) is 11.1 Å². The summed E-state index contributed by atoms with van der Waals surface area (Å²) in [5, 5.41) is 13.0. The Kier molecular flexibility index (Phi) is 7.67. The molecule has 1 aromatic carbocycles. The summed E-state index contributed by atoms with van der Waals surface area (Å²) in [6.07, 6.45) is -4.43. The lowest BCUT2D eigenvalue weighted by molar-refractivity contribution is -0.143. The molecule has 8 nitrogen and oxygen atoms in total. The number of carbonyl (C=O) groups is 1. The summed E-state index contributed by atoms with van der Waals surface area (Å²) in [4.78, 5) is 23.5. The highest BCUT2D eigenvalue weighted by atomic mass is 19.4. The monoisotopic (exact) mass is 533 g/mol. The van der Waals surface area contributed by atoms with Gasteiger partial charge in [-0.1, -0.05) is 6.07 Å². The molecule has 2 aromatic rings. The van der Waals surface area contributed by atoms with E-state index in [-0.39, 0.29) is 18.7 Å². The maximum Gasteiger partial charge on any atom is 0.389 e. The van der Waals surface area contributed by atoms with Crippen LogP contribution in [-0.2, 0) is 4.74 Å². The van der Waals surface area contributed by atoms with Gasteiger partial charge in [0.05, 0.1) is 19.3 Å². The van der Waals surface area contributed by atoms with Gasteiger partial charge >= 0.3 is 12.2 Å². The van der Waals surface area contributed by atoms with Gasteiger partial charge in [0, 0.05) is 51.4 Å². The highest BCUT2D eigenvalue weighted by molar-refractivity contribution is 5.91. The topological polar surface area (TPSA) is 81.2 Å². The number of rotatable bonds is 5. The number of hydrogen-bond donors (Lipinski definition) is 2. The fraction of sp³-hybridized carbons (Fsp3) is 0.556. The summed E-state index contributed by atoms with van der Waals surface area (Å²) < 4.78 is 43.8. The van der Waals surface area contributed by atoms with E-state index in [1.54, 1.807) is 0 Å². The summed E-state index contributed by atoms with van der Waals surface area (Å²) in [6, 6.07) is 9.30. The minimum absolute atomic E-state index is 0.0996. The first-order valence-corrected chi connectivity index (χ1v) is 13.2. The third-order valence-corrected chi connectivity index (χ3v) is 7.51. The molecule has 0 saturated carbocycles. The number of alkyl halides is 3. The van der Waals surface area contributed by atoms with E-state index in [0.717, 1.165) is 48.0 Å². The van der Waals surface area contributed by atoms with Crippen molar-refractivity contribution in [1.82, 2.24) is 9.88 Å². The summed E-state index contributed by atoms with van der Waals surface area (Å²) in [7, 11) is 0. The van der Waals surface area contributed by atoms with Gasteiger partial charge in [0.15, 0.2) is 0 Å². The number of aliphatic hydroxyl groups excluding tert-OH is 1. The first kappa shape index (κ1) is 26.6. The zero-order valence-corrected chi connectivity index (χ0v) is 21.5. The van der Waals surface area contributed by atoms with Crippen LogP contribution in [0, 0.1) is 12.8 Å². The molecule has 206 valence electrons. The molecule has 2 N–H and O–H groups in total. The van der Waals surface area contributed by atoms with Gasteiger partial charge in [-0.25, -0.2) is 9.78 Å². The van der Waals surface area contributed by atoms with Gasteiger partial charge in [0.1, 0.15) is 11.6 Å². The molecule has 0 spiro atoms. The van der Waals surface area contributed by atoms with Crippen LogP contribution < -0.4 is 15.1 Å². The first-order valence-electron chi connectivity index (χ1n) is 13.2. The minimum atomic E-state index is -4.22. The van der Waals surface area contributed by atoms with Crippen LogP contribution in [0.15, 0.2) is 30.3 Å². The van der Waals surface area contributed by atoms with E-state index in [1.807, 2.05) is 37.3 Å². The van der Waals surface area contributed by atoms with Crippen molar-refractivity contribution in [3.63, 3.8) is 0 Å². The molecule has 0 aliphatic carbocycles.